The second kappa shape index (κ2) is 4.03. The van der Waals surface area contributed by atoms with Gasteiger partial charge in [0.15, 0.2) is 10.7 Å². The Bertz CT molecular complexity index is 780. The first-order valence-corrected chi connectivity index (χ1v) is 6.56. The number of fused-ring (bicyclic) bond motifs is 3. The highest BCUT2D eigenvalue weighted by Crippen LogP contribution is 2.35. The van der Waals surface area contributed by atoms with E-state index in [1.54, 1.807) is 6.20 Å². The zero-order chi connectivity index (χ0) is 12.9. The highest BCUT2D eigenvalue weighted by atomic mass is 79.9. The fourth-order valence-electron chi connectivity index (χ4n) is 1.76. The summed E-state index contributed by atoms with van der Waals surface area (Å²) < 4.78 is 20.0. The van der Waals surface area contributed by atoms with E-state index in [1.807, 2.05) is 6.07 Å². The minimum Gasteiger partial charge on any atom is -0.465 e. The molecule has 0 unspecified atom stereocenters. The first-order valence-electron chi connectivity index (χ1n) is 4.95. The number of hydrogen-bond donors (Lipinski definition) is 1. The third kappa shape index (κ3) is 1.54. The molecule has 0 aliphatic rings. The lowest BCUT2D eigenvalue weighted by atomic mass is 10.3. The van der Waals surface area contributed by atoms with Crippen molar-refractivity contribution in [2.75, 3.05) is 7.11 Å². The van der Waals surface area contributed by atoms with Crippen LogP contribution in [0.5, 0.6) is 0 Å². The molecular weight excluding hydrogens is 323 g/mol. The molecule has 0 bridgehead atoms. The molecule has 0 radical (unpaired) electrons. The minimum absolute atomic E-state index is 0.0367. The predicted octanol–water partition coefficient (Wildman–Crippen LogP) is 3.47. The molecule has 3 heterocycles. The van der Waals surface area contributed by atoms with Gasteiger partial charge in [-0.05, 0) is 22.0 Å². The standard InChI is InChI=1S/C11H6BrFN2O2S/c1-17-11(16)9-6(13)8-10(18-9)7-5(15-8)2-4(12)3-14-7/h2-3,15H,1H3. The van der Waals surface area contributed by atoms with Crippen LogP contribution < -0.4 is 0 Å². The van der Waals surface area contributed by atoms with Gasteiger partial charge in [-0.2, -0.15) is 0 Å². The summed E-state index contributed by atoms with van der Waals surface area (Å²) in [5.74, 6) is -1.26. The van der Waals surface area contributed by atoms with E-state index in [0.717, 1.165) is 21.3 Å². The Labute approximate surface area is 113 Å². The molecule has 0 saturated heterocycles. The molecule has 1 N–H and O–H groups in total. The topological polar surface area (TPSA) is 55.0 Å². The highest BCUT2D eigenvalue weighted by molar-refractivity contribution is 9.10. The van der Waals surface area contributed by atoms with Gasteiger partial charge in [-0.25, -0.2) is 9.18 Å². The molecule has 0 atom stereocenters. The quantitative estimate of drug-likeness (QED) is 0.696. The molecule has 0 amide bonds. The molecule has 0 saturated carbocycles. The Morgan fingerprint density at radius 1 is 1.61 bits per heavy atom. The first-order chi connectivity index (χ1) is 8.61. The lowest BCUT2D eigenvalue weighted by Crippen LogP contribution is -2.00. The van der Waals surface area contributed by atoms with E-state index in [4.69, 9.17) is 0 Å². The summed E-state index contributed by atoms with van der Waals surface area (Å²) in [7, 11) is 1.23. The molecule has 0 spiro atoms. The van der Waals surface area contributed by atoms with Crippen LogP contribution in [0.1, 0.15) is 9.67 Å². The van der Waals surface area contributed by atoms with Gasteiger partial charge in [0, 0.05) is 10.7 Å². The van der Waals surface area contributed by atoms with Crippen molar-refractivity contribution >= 4 is 54.5 Å². The van der Waals surface area contributed by atoms with Gasteiger partial charge in [-0.15, -0.1) is 11.3 Å². The van der Waals surface area contributed by atoms with Crippen LogP contribution in [0.15, 0.2) is 16.7 Å². The number of ether oxygens (including phenoxy) is 1. The van der Waals surface area contributed by atoms with E-state index in [1.165, 1.54) is 7.11 Å². The summed E-state index contributed by atoms with van der Waals surface area (Å²) >= 11 is 4.34. The molecule has 92 valence electrons. The maximum absolute atomic E-state index is 14.0. The van der Waals surface area contributed by atoms with Crippen LogP contribution in [0.25, 0.3) is 21.3 Å². The Kier molecular flexibility index (Phi) is 2.60. The molecular formula is C11H6BrFN2O2S. The van der Waals surface area contributed by atoms with Crippen LogP contribution in [-0.2, 0) is 4.74 Å². The predicted molar refractivity (Wildman–Crippen MR) is 70.5 cm³/mol. The highest BCUT2D eigenvalue weighted by Gasteiger charge is 2.22. The normalized spacial score (nSPS) is 11.3. The molecule has 4 nitrogen and oxygen atoms in total. The van der Waals surface area contributed by atoms with Gasteiger partial charge in [-0.3, -0.25) is 4.98 Å². The van der Waals surface area contributed by atoms with Crippen molar-refractivity contribution in [3.05, 3.63) is 27.4 Å². The fraction of sp³-hybridized carbons (Fsp3) is 0.0909. The Morgan fingerprint density at radius 2 is 2.39 bits per heavy atom. The number of thiophene rings is 1. The maximum Gasteiger partial charge on any atom is 0.351 e. The number of rotatable bonds is 1. The zero-order valence-electron chi connectivity index (χ0n) is 9.08. The number of methoxy groups -OCH3 is 1. The molecule has 0 aromatic carbocycles. The molecule has 0 aliphatic heterocycles. The van der Waals surface area contributed by atoms with Gasteiger partial charge in [0.25, 0.3) is 0 Å². The SMILES string of the molecule is COC(=O)c1sc2c([nH]c3cc(Br)cnc32)c1F. The van der Waals surface area contributed by atoms with E-state index in [2.05, 4.69) is 30.6 Å². The van der Waals surface area contributed by atoms with Crippen molar-refractivity contribution < 1.29 is 13.9 Å². The van der Waals surface area contributed by atoms with Crippen molar-refractivity contribution in [1.29, 1.82) is 0 Å². The molecule has 3 aromatic rings. The zero-order valence-corrected chi connectivity index (χ0v) is 11.5. The van der Waals surface area contributed by atoms with Gasteiger partial charge in [0.05, 0.1) is 22.8 Å². The molecule has 3 aromatic heterocycles. The lowest BCUT2D eigenvalue weighted by molar-refractivity contribution is 0.0602. The van der Waals surface area contributed by atoms with Crippen molar-refractivity contribution in [3.8, 4) is 0 Å². The monoisotopic (exact) mass is 328 g/mol. The van der Waals surface area contributed by atoms with E-state index < -0.39 is 11.8 Å². The summed E-state index contributed by atoms with van der Waals surface area (Å²) in [5.41, 5.74) is 1.66. The van der Waals surface area contributed by atoms with Crippen molar-refractivity contribution in [1.82, 2.24) is 9.97 Å². The molecule has 18 heavy (non-hydrogen) atoms. The number of esters is 1. The Hall–Kier alpha value is -1.47. The third-order valence-electron chi connectivity index (χ3n) is 2.55. The minimum atomic E-state index is -0.674. The number of carbonyl (C=O) groups is 1. The van der Waals surface area contributed by atoms with E-state index in [0.29, 0.717) is 15.7 Å². The van der Waals surface area contributed by atoms with Crippen molar-refractivity contribution in [3.63, 3.8) is 0 Å². The molecule has 0 fully saturated rings. The summed E-state index contributed by atoms with van der Waals surface area (Å²) in [6.07, 6.45) is 1.63. The fourth-order valence-corrected chi connectivity index (χ4v) is 3.16. The van der Waals surface area contributed by atoms with E-state index in [9.17, 15) is 9.18 Å². The van der Waals surface area contributed by atoms with Crippen LogP contribution in [-0.4, -0.2) is 23.0 Å². The largest absolute Gasteiger partial charge is 0.465 e. The lowest BCUT2D eigenvalue weighted by Gasteiger charge is -1.94. The van der Waals surface area contributed by atoms with Crippen LogP contribution in [0, 0.1) is 5.82 Å². The van der Waals surface area contributed by atoms with Gasteiger partial charge in [0.1, 0.15) is 5.52 Å². The first kappa shape index (κ1) is 11.6. The second-order valence-corrected chi connectivity index (χ2v) is 5.55. The molecule has 7 heteroatoms. The smallest absolute Gasteiger partial charge is 0.351 e. The van der Waals surface area contributed by atoms with Gasteiger partial charge >= 0.3 is 5.97 Å². The average Bonchev–Trinajstić information content (AvgIpc) is 2.85. The van der Waals surface area contributed by atoms with Crippen LogP contribution in [0.3, 0.4) is 0 Å². The Morgan fingerprint density at radius 3 is 3.11 bits per heavy atom. The number of halogens is 2. The van der Waals surface area contributed by atoms with Crippen LogP contribution >= 0.6 is 27.3 Å². The summed E-state index contributed by atoms with van der Waals surface area (Å²) in [4.78, 5) is 18.5. The number of aromatic nitrogens is 2. The van der Waals surface area contributed by atoms with Gasteiger partial charge in [0.2, 0.25) is 0 Å². The van der Waals surface area contributed by atoms with Crippen molar-refractivity contribution in [2.45, 2.75) is 0 Å². The average molecular weight is 329 g/mol. The summed E-state index contributed by atoms with van der Waals surface area (Å²) in [6, 6.07) is 1.81. The second-order valence-electron chi connectivity index (χ2n) is 3.62. The number of nitrogens with zero attached hydrogens (tertiary/aromatic N) is 1. The Balaban J connectivity index is 2.36. The maximum atomic E-state index is 14.0. The molecule has 0 aliphatic carbocycles. The number of nitrogens with one attached hydrogen (secondary N) is 1. The van der Waals surface area contributed by atoms with E-state index in [-0.39, 0.29) is 4.88 Å². The molecule has 3 rings (SSSR count). The van der Waals surface area contributed by atoms with Crippen molar-refractivity contribution in [2.24, 2.45) is 0 Å². The summed E-state index contributed by atoms with van der Waals surface area (Å²) in [6.45, 7) is 0. The number of hydrogen-bond acceptors (Lipinski definition) is 4. The third-order valence-corrected chi connectivity index (χ3v) is 4.14. The van der Waals surface area contributed by atoms with E-state index >= 15 is 0 Å². The van der Waals surface area contributed by atoms with Crippen LogP contribution in [0.4, 0.5) is 4.39 Å². The number of pyridine rings is 1. The number of H-pyrrole nitrogens is 1. The van der Waals surface area contributed by atoms with Gasteiger partial charge < -0.3 is 9.72 Å². The summed E-state index contributed by atoms with van der Waals surface area (Å²) in [5, 5.41) is 0. The number of aromatic amines is 1. The van der Waals surface area contributed by atoms with Crippen LogP contribution in [0.2, 0.25) is 0 Å². The van der Waals surface area contributed by atoms with Gasteiger partial charge in [-0.1, -0.05) is 0 Å². The number of carbonyl (C=O) groups excluding carboxylic acids is 1.